The summed E-state index contributed by atoms with van der Waals surface area (Å²) in [5, 5.41) is 1.03. The fourth-order valence-electron chi connectivity index (χ4n) is 3.47. The highest BCUT2D eigenvalue weighted by Crippen LogP contribution is 2.62. The van der Waals surface area contributed by atoms with Gasteiger partial charge in [0.15, 0.2) is 0 Å². The minimum Gasteiger partial charge on any atom is -0.371 e. The smallest absolute Gasteiger partial charge is 0.0717 e. The van der Waals surface area contributed by atoms with Crippen LogP contribution in [0.3, 0.4) is 0 Å². The van der Waals surface area contributed by atoms with Crippen LogP contribution < -0.4 is 0 Å². The SMILES string of the molecule is BrCC1CCCC2(CCC3CC32)O1. The van der Waals surface area contributed by atoms with E-state index in [0.29, 0.717) is 11.7 Å². The Morgan fingerprint density at radius 1 is 1.31 bits per heavy atom. The average Bonchev–Trinajstić information content (AvgIpc) is 2.89. The molecule has 1 nitrogen and oxygen atoms in total. The van der Waals surface area contributed by atoms with Gasteiger partial charge in [-0.05, 0) is 50.4 Å². The predicted octanol–water partition coefficient (Wildman–Crippen LogP) is 3.12. The van der Waals surface area contributed by atoms with E-state index >= 15 is 0 Å². The van der Waals surface area contributed by atoms with Crippen molar-refractivity contribution in [2.24, 2.45) is 11.8 Å². The second kappa shape index (κ2) is 2.96. The van der Waals surface area contributed by atoms with E-state index in [9.17, 15) is 0 Å². The second-order valence-corrected chi connectivity index (χ2v) is 5.64. The van der Waals surface area contributed by atoms with Gasteiger partial charge in [0.2, 0.25) is 0 Å². The van der Waals surface area contributed by atoms with E-state index in [1.807, 2.05) is 0 Å². The number of alkyl halides is 1. The van der Waals surface area contributed by atoms with E-state index in [2.05, 4.69) is 15.9 Å². The maximum Gasteiger partial charge on any atom is 0.0717 e. The van der Waals surface area contributed by atoms with Crippen LogP contribution in [0.1, 0.15) is 38.5 Å². The fraction of sp³-hybridized carbons (Fsp3) is 1.00. The summed E-state index contributed by atoms with van der Waals surface area (Å²) in [6.45, 7) is 0. The molecule has 0 aromatic heterocycles. The number of fused-ring (bicyclic) bond motifs is 2. The molecule has 3 rings (SSSR count). The van der Waals surface area contributed by atoms with E-state index in [4.69, 9.17) is 4.74 Å². The summed E-state index contributed by atoms with van der Waals surface area (Å²) in [5.41, 5.74) is 0.349. The van der Waals surface area contributed by atoms with E-state index < -0.39 is 0 Å². The molecule has 1 saturated heterocycles. The van der Waals surface area contributed by atoms with Crippen LogP contribution in [-0.4, -0.2) is 17.0 Å². The highest BCUT2D eigenvalue weighted by Gasteiger charge is 2.59. The van der Waals surface area contributed by atoms with Gasteiger partial charge in [-0.1, -0.05) is 15.9 Å². The maximum atomic E-state index is 6.29. The van der Waals surface area contributed by atoms with Gasteiger partial charge >= 0.3 is 0 Å². The lowest BCUT2D eigenvalue weighted by Gasteiger charge is -2.39. The first-order valence-corrected chi connectivity index (χ1v) is 6.70. The van der Waals surface area contributed by atoms with Crippen LogP contribution in [0, 0.1) is 11.8 Å². The van der Waals surface area contributed by atoms with E-state index in [-0.39, 0.29) is 0 Å². The average molecular weight is 245 g/mol. The summed E-state index contributed by atoms with van der Waals surface area (Å²) in [4.78, 5) is 0. The maximum absolute atomic E-state index is 6.29. The van der Waals surface area contributed by atoms with Crippen molar-refractivity contribution in [1.29, 1.82) is 0 Å². The summed E-state index contributed by atoms with van der Waals surface area (Å²) in [6.07, 6.45) is 8.77. The molecule has 4 atom stereocenters. The van der Waals surface area contributed by atoms with Crippen molar-refractivity contribution >= 4 is 15.9 Å². The van der Waals surface area contributed by atoms with Crippen LogP contribution in [0.2, 0.25) is 0 Å². The number of halogens is 1. The molecule has 1 heterocycles. The summed E-state index contributed by atoms with van der Waals surface area (Å²) < 4.78 is 6.29. The number of hydrogen-bond donors (Lipinski definition) is 0. The van der Waals surface area contributed by atoms with Gasteiger partial charge < -0.3 is 4.74 Å². The highest BCUT2D eigenvalue weighted by molar-refractivity contribution is 9.09. The van der Waals surface area contributed by atoms with E-state index in [1.165, 1.54) is 38.5 Å². The molecule has 0 aromatic rings. The molecular weight excluding hydrogens is 228 g/mol. The third-order valence-corrected chi connectivity index (χ3v) is 4.96. The monoisotopic (exact) mass is 244 g/mol. The summed E-state index contributed by atoms with van der Waals surface area (Å²) >= 11 is 3.55. The van der Waals surface area contributed by atoms with Crippen LogP contribution in [0.15, 0.2) is 0 Å². The lowest BCUT2D eigenvalue weighted by atomic mass is 9.87. The Bertz CT molecular complexity index is 218. The Morgan fingerprint density at radius 3 is 2.85 bits per heavy atom. The molecule has 0 radical (unpaired) electrons. The van der Waals surface area contributed by atoms with Crippen molar-refractivity contribution in [3.8, 4) is 0 Å². The molecule has 3 fully saturated rings. The molecule has 1 spiro atoms. The Labute approximate surface area is 88.4 Å². The Kier molecular flexibility index (Phi) is 1.99. The first kappa shape index (κ1) is 8.72. The molecule has 0 N–H and O–H groups in total. The van der Waals surface area contributed by atoms with E-state index in [1.54, 1.807) is 0 Å². The molecular formula is C11H17BrO. The lowest BCUT2D eigenvalue weighted by Crippen LogP contribution is -2.41. The van der Waals surface area contributed by atoms with Crippen LogP contribution in [-0.2, 0) is 4.74 Å². The molecule has 3 aliphatic rings. The first-order chi connectivity index (χ1) is 6.34. The zero-order chi connectivity index (χ0) is 8.89. The third-order valence-electron chi connectivity index (χ3n) is 4.24. The molecule has 0 aromatic carbocycles. The van der Waals surface area contributed by atoms with Crippen LogP contribution in [0.25, 0.3) is 0 Å². The van der Waals surface area contributed by atoms with Gasteiger partial charge in [0, 0.05) is 5.33 Å². The molecule has 2 heteroatoms. The Hall–Kier alpha value is 0.440. The second-order valence-electron chi connectivity index (χ2n) is 4.99. The van der Waals surface area contributed by atoms with Crippen molar-refractivity contribution in [2.75, 3.05) is 5.33 Å². The highest BCUT2D eigenvalue weighted by atomic mass is 79.9. The van der Waals surface area contributed by atoms with Gasteiger partial charge in [0.1, 0.15) is 0 Å². The standard InChI is InChI=1S/C11H17BrO/c12-7-9-2-1-4-11(13-9)5-3-8-6-10(8)11/h8-10H,1-7H2. The Morgan fingerprint density at radius 2 is 2.23 bits per heavy atom. The van der Waals surface area contributed by atoms with E-state index in [0.717, 1.165) is 17.2 Å². The number of rotatable bonds is 1. The molecule has 13 heavy (non-hydrogen) atoms. The zero-order valence-electron chi connectivity index (χ0n) is 7.97. The number of hydrogen-bond acceptors (Lipinski definition) is 1. The predicted molar refractivity (Wildman–Crippen MR) is 56.1 cm³/mol. The third kappa shape index (κ3) is 1.29. The van der Waals surface area contributed by atoms with Crippen LogP contribution in [0.4, 0.5) is 0 Å². The van der Waals surface area contributed by atoms with Crippen molar-refractivity contribution in [1.82, 2.24) is 0 Å². The van der Waals surface area contributed by atoms with Gasteiger partial charge in [-0.15, -0.1) is 0 Å². The molecule has 0 amide bonds. The largest absolute Gasteiger partial charge is 0.371 e. The van der Waals surface area contributed by atoms with Gasteiger partial charge in [0.05, 0.1) is 11.7 Å². The molecule has 4 unspecified atom stereocenters. The molecule has 1 aliphatic heterocycles. The summed E-state index contributed by atoms with van der Waals surface area (Å²) in [6, 6.07) is 0. The van der Waals surface area contributed by atoms with Crippen LogP contribution in [0.5, 0.6) is 0 Å². The topological polar surface area (TPSA) is 9.23 Å². The normalized spacial score (nSPS) is 53.8. The summed E-state index contributed by atoms with van der Waals surface area (Å²) in [7, 11) is 0. The van der Waals surface area contributed by atoms with Crippen molar-refractivity contribution < 1.29 is 4.74 Å². The van der Waals surface area contributed by atoms with Crippen LogP contribution >= 0.6 is 15.9 Å². The quantitative estimate of drug-likeness (QED) is 0.645. The summed E-state index contributed by atoms with van der Waals surface area (Å²) in [5.74, 6) is 2.00. The number of ether oxygens (including phenoxy) is 1. The van der Waals surface area contributed by atoms with Crippen molar-refractivity contribution in [3.63, 3.8) is 0 Å². The van der Waals surface area contributed by atoms with Gasteiger partial charge in [-0.2, -0.15) is 0 Å². The minimum absolute atomic E-state index is 0.349. The lowest BCUT2D eigenvalue weighted by molar-refractivity contribution is -0.127. The van der Waals surface area contributed by atoms with Crippen molar-refractivity contribution in [3.05, 3.63) is 0 Å². The van der Waals surface area contributed by atoms with Crippen molar-refractivity contribution in [2.45, 2.75) is 50.2 Å². The Balaban J connectivity index is 1.75. The fourth-order valence-corrected chi connectivity index (χ4v) is 3.93. The molecule has 2 saturated carbocycles. The molecule has 0 bridgehead atoms. The van der Waals surface area contributed by atoms with Gasteiger partial charge in [-0.3, -0.25) is 0 Å². The zero-order valence-corrected chi connectivity index (χ0v) is 9.55. The van der Waals surface area contributed by atoms with Gasteiger partial charge in [-0.25, -0.2) is 0 Å². The van der Waals surface area contributed by atoms with Gasteiger partial charge in [0.25, 0.3) is 0 Å². The minimum atomic E-state index is 0.349. The first-order valence-electron chi connectivity index (χ1n) is 5.58. The molecule has 74 valence electrons. The molecule has 2 aliphatic carbocycles.